The topological polar surface area (TPSA) is 49.8 Å². The lowest BCUT2D eigenvalue weighted by atomic mass is 9.96. The summed E-state index contributed by atoms with van der Waals surface area (Å²) >= 11 is 0. The lowest BCUT2D eigenvalue weighted by molar-refractivity contribution is 0.547. The summed E-state index contributed by atoms with van der Waals surface area (Å²) in [5.74, 6) is 1.86. The van der Waals surface area contributed by atoms with E-state index in [1.165, 1.54) is 6.07 Å². The van der Waals surface area contributed by atoms with Gasteiger partial charge in [0.2, 0.25) is 0 Å². The van der Waals surface area contributed by atoms with Gasteiger partial charge in [-0.1, -0.05) is 26.8 Å². The van der Waals surface area contributed by atoms with E-state index in [4.69, 9.17) is 0 Å². The van der Waals surface area contributed by atoms with Gasteiger partial charge in [0.05, 0.1) is 0 Å². The number of nitrogens with one attached hydrogen (secondary N) is 2. The van der Waals surface area contributed by atoms with Crippen LogP contribution in [0, 0.1) is 12.7 Å². The summed E-state index contributed by atoms with van der Waals surface area (Å²) in [5, 5.41) is 6.15. The quantitative estimate of drug-likeness (QED) is 0.896. The Kier molecular flexibility index (Phi) is 4.11. The first kappa shape index (κ1) is 15.2. The minimum atomic E-state index is -0.237. The van der Waals surface area contributed by atoms with Crippen molar-refractivity contribution in [2.75, 3.05) is 17.7 Å². The molecule has 5 heteroatoms. The Balaban J connectivity index is 2.36. The molecule has 112 valence electrons. The van der Waals surface area contributed by atoms with E-state index in [-0.39, 0.29) is 11.2 Å². The largest absolute Gasteiger partial charge is 0.373 e. The van der Waals surface area contributed by atoms with E-state index in [0.717, 1.165) is 11.6 Å². The third-order valence-electron chi connectivity index (χ3n) is 3.10. The summed E-state index contributed by atoms with van der Waals surface area (Å²) < 4.78 is 13.6. The third kappa shape index (κ3) is 3.68. The van der Waals surface area contributed by atoms with Crippen LogP contribution >= 0.6 is 0 Å². The van der Waals surface area contributed by atoms with Gasteiger partial charge in [-0.2, -0.15) is 0 Å². The molecule has 0 aliphatic rings. The molecule has 0 saturated carbocycles. The second kappa shape index (κ2) is 5.68. The van der Waals surface area contributed by atoms with Crippen LogP contribution in [-0.4, -0.2) is 17.0 Å². The van der Waals surface area contributed by atoms with Gasteiger partial charge >= 0.3 is 0 Å². The second-order valence-corrected chi connectivity index (χ2v) is 6.05. The van der Waals surface area contributed by atoms with Crippen LogP contribution in [0.5, 0.6) is 0 Å². The normalized spacial score (nSPS) is 11.3. The van der Waals surface area contributed by atoms with Crippen molar-refractivity contribution < 1.29 is 4.39 Å². The van der Waals surface area contributed by atoms with Crippen LogP contribution in [0.4, 0.5) is 21.7 Å². The minimum Gasteiger partial charge on any atom is -0.373 e. The van der Waals surface area contributed by atoms with Gasteiger partial charge < -0.3 is 10.6 Å². The van der Waals surface area contributed by atoms with Crippen molar-refractivity contribution in [1.29, 1.82) is 0 Å². The maximum Gasteiger partial charge on any atom is 0.138 e. The first-order valence-electron chi connectivity index (χ1n) is 6.90. The zero-order valence-electron chi connectivity index (χ0n) is 13.1. The van der Waals surface area contributed by atoms with Gasteiger partial charge in [0, 0.05) is 24.2 Å². The predicted octanol–water partition coefficient (Wildman–Crippen LogP) is 4.01. The molecule has 0 unspecified atom stereocenters. The molecule has 0 aliphatic carbocycles. The predicted molar refractivity (Wildman–Crippen MR) is 84.7 cm³/mol. The average molecular weight is 288 g/mol. The van der Waals surface area contributed by atoms with Gasteiger partial charge in [-0.15, -0.1) is 0 Å². The van der Waals surface area contributed by atoms with Crippen molar-refractivity contribution in [2.45, 2.75) is 33.1 Å². The lowest BCUT2D eigenvalue weighted by Gasteiger charge is -2.19. The summed E-state index contributed by atoms with van der Waals surface area (Å²) in [7, 11) is 1.81. The number of hydrogen-bond donors (Lipinski definition) is 2. The van der Waals surface area contributed by atoms with Crippen LogP contribution in [0.3, 0.4) is 0 Å². The van der Waals surface area contributed by atoms with E-state index < -0.39 is 0 Å². The van der Waals surface area contributed by atoms with E-state index in [0.29, 0.717) is 17.1 Å². The third-order valence-corrected chi connectivity index (χ3v) is 3.10. The number of rotatable bonds is 3. The molecule has 0 fully saturated rings. The molecule has 0 amide bonds. The highest BCUT2D eigenvalue weighted by Crippen LogP contribution is 2.24. The summed E-state index contributed by atoms with van der Waals surface area (Å²) in [5.41, 5.74) is 1.12. The molecule has 0 radical (unpaired) electrons. The number of nitrogens with zero attached hydrogens (tertiary/aromatic N) is 2. The number of hydrogen-bond acceptors (Lipinski definition) is 4. The van der Waals surface area contributed by atoms with Gasteiger partial charge in [0.1, 0.15) is 23.3 Å². The molecule has 1 aromatic carbocycles. The maximum absolute atomic E-state index is 13.6. The van der Waals surface area contributed by atoms with Crippen LogP contribution in [0.25, 0.3) is 0 Å². The first-order valence-corrected chi connectivity index (χ1v) is 6.90. The Labute approximate surface area is 124 Å². The SMILES string of the molecule is CNc1cc(Nc2ccc(C)c(F)c2)nc(C(C)(C)C)n1. The lowest BCUT2D eigenvalue weighted by Crippen LogP contribution is -2.17. The molecule has 1 aromatic heterocycles. The number of anilines is 3. The zero-order chi connectivity index (χ0) is 15.6. The molecule has 0 aliphatic heterocycles. The molecule has 2 N–H and O–H groups in total. The summed E-state index contributed by atoms with van der Waals surface area (Å²) in [6.07, 6.45) is 0. The first-order chi connectivity index (χ1) is 9.79. The minimum absolute atomic E-state index is 0.165. The molecule has 0 bridgehead atoms. The molecule has 0 saturated heterocycles. The number of halogens is 1. The van der Waals surface area contributed by atoms with Gasteiger partial charge in [-0.3, -0.25) is 0 Å². The Morgan fingerprint density at radius 2 is 1.71 bits per heavy atom. The number of benzene rings is 1. The summed E-state index contributed by atoms with van der Waals surface area (Å²) in [6.45, 7) is 7.89. The van der Waals surface area contributed by atoms with Crippen LogP contribution in [0.2, 0.25) is 0 Å². The molecule has 2 rings (SSSR count). The molecule has 21 heavy (non-hydrogen) atoms. The van der Waals surface area contributed by atoms with Gasteiger partial charge in [-0.25, -0.2) is 14.4 Å². The van der Waals surface area contributed by atoms with E-state index in [9.17, 15) is 4.39 Å². The monoisotopic (exact) mass is 288 g/mol. The summed E-state index contributed by atoms with van der Waals surface area (Å²) in [6, 6.07) is 6.83. The van der Waals surface area contributed by atoms with Crippen molar-refractivity contribution in [1.82, 2.24) is 9.97 Å². The molecular weight excluding hydrogens is 267 g/mol. The maximum atomic E-state index is 13.6. The van der Waals surface area contributed by atoms with Gasteiger partial charge in [0.15, 0.2) is 0 Å². The highest BCUT2D eigenvalue weighted by atomic mass is 19.1. The molecule has 4 nitrogen and oxygen atoms in total. The fourth-order valence-electron chi connectivity index (χ4n) is 1.79. The molecule has 2 aromatic rings. The van der Waals surface area contributed by atoms with Crippen molar-refractivity contribution in [3.8, 4) is 0 Å². The summed E-state index contributed by atoms with van der Waals surface area (Å²) in [4.78, 5) is 8.98. The van der Waals surface area contributed by atoms with E-state index in [1.54, 1.807) is 19.1 Å². The Hall–Kier alpha value is -2.17. The van der Waals surface area contributed by atoms with Crippen molar-refractivity contribution in [2.24, 2.45) is 0 Å². The molecule has 0 spiro atoms. The van der Waals surface area contributed by atoms with Crippen LogP contribution in [0.15, 0.2) is 24.3 Å². The second-order valence-electron chi connectivity index (χ2n) is 6.05. The highest BCUT2D eigenvalue weighted by molar-refractivity contribution is 5.59. The fraction of sp³-hybridized carbons (Fsp3) is 0.375. The fourth-order valence-corrected chi connectivity index (χ4v) is 1.79. The van der Waals surface area contributed by atoms with Crippen LogP contribution in [0.1, 0.15) is 32.2 Å². The van der Waals surface area contributed by atoms with Crippen molar-refractivity contribution in [3.63, 3.8) is 0 Å². The van der Waals surface area contributed by atoms with Crippen molar-refractivity contribution in [3.05, 3.63) is 41.5 Å². The highest BCUT2D eigenvalue weighted by Gasteiger charge is 2.19. The van der Waals surface area contributed by atoms with E-state index in [2.05, 4.69) is 41.4 Å². The van der Waals surface area contributed by atoms with Crippen LogP contribution in [-0.2, 0) is 5.41 Å². The number of aromatic nitrogens is 2. The molecule has 1 heterocycles. The Morgan fingerprint density at radius 3 is 2.29 bits per heavy atom. The Morgan fingerprint density at radius 1 is 1.05 bits per heavy atom. The molecule has 0 atom stereocenters. The van der Waals surface area contributed by atoms with Gasteiger partial charge in [-0.05, 0) is 24.6 Å². The zero-order valence-corrected chi connectivity index (χ0v) is 13.1. The van der Waals surface area contributed by atoms with E-state index in [1.807, 2.05) is 13.1 Å². The average Bonchev–Trinajstić information content (AvgIpc) is 2.41. The van der Waals surface area contributed by atoms with E-state index >= 15 is 0 Å². The van der Waals surface area contributed by atoms with Crippen molar-refractivity contribution >= 4 is 17.3 Å². The smallest absolute Gasteiger partial charge is 0.138 e. The Bertz CT molecular complexity index is 647. The van der Waals surface area contributed by atoms with Gasteiger partial charge in [0.25, 0.3) is 0 Å². The number of aryl methyl sites for hydroxylation is 1. The standard InChI is InChI=1S/C16H21FN4/c1-10-6-7-11(8-12(10)17)19-14-9-13(18-5)20-15(21-14)16(2,3)4/h6-9H,1-5H3,(H2,18,19,20,21). The van der Waals surface area contributed by atoms with Crippen LogP contribution < -0.4 is 10.6 Å². The molecular formula is C16H21FN4.